The minimum atomic E-state index is 0.000665. The van der Waals surface area contributed by atoms with Crippen molar-refractivity contribution in [2.75, 3.05) is 4.90 Å². The number of aromatic nitrogens is 1. The number of anilines is 1. The van der Waals surface area contributed by atoms with Crippen molar-refractivity contribution in [3.8, 4) is 0 Å². The molecule has 3 heteroatoms. The first kappa shape index (κ1) is 14.3. The van der Waals surface area contributed by atoms with Crippen LogP contribution >= 0.6 is 0 Å². The van der Waals surface area contributed by atoms with Gasteiger partial charge in [0, 0.05) is 12.1 Å². The molecule has 0 aliphatic carbocycles. The van der Waals surface area contributed by atoms with Gasteiger partial charge in [-0.15, -0.1) is 0 Å². The molecule has 1 amide bonds. The van der Waals surface area contributed by atoms with Crippen LogP contribution in [0.4, 0.5) is 5.82 Å². The van der Waals surface area contributed by atoms with Crippen LogP contribution in [0.3, 0.4) is 0 Å². The molecule has 0 aliphatic rings. The molecule has 0 aliphatic heterocycles. The Kier molecular flexibility index (Phi) is 4.88. The first-order valence-electron chi connectivity index (χ1n) is 6.98. The molecular weight excluding hydrogens is 248 g/mol. The Morgan fingerprint density at radius 3 is 2.45 bits per heavy atom. The lowest BCUT2D eigenvalue weighted by Gasteiger charge is -2.24. The maximum absolute atomic E-state index is 12.6. The predicted octanol–water partition coefficient (Wildman–Crippen LogP) is 3.66. The van der Waals surface area contributed by atoms with Crippen LogP contribution < -0.4 is 4.90 Å². The lowest BCUT2D eigenvalue weighted by molar-refractivity contribution is -0.122. The molecule has 20 heavy (non-hydrogen) atoms. The van der Waals surface area contributed by atoms with Gasteiger partial charge in [0.05, 0.1) is 6.54 Å². The second-order valence-electron chi connectivity index (χ2n) is 4.91. The normalized spacial score (nSPS) is 11.9. The highest BCUT2D eigenvalue weighted by Gasteiger charge is 2.21. The van der Waals surface area contributed by atoms with E-state index in [-0.39, 0.29) is 11.8 Å². The molecule has 0 saturated heterocycles. The van der Waals surface area contributed by atoms with Crippen LogP contribution in [0, 0.1) is 5.92 Å². The van der Waals surface area contributed by atoms with Crippen LogP contribution in [-0.2, 0) is 11.3 Å². The van der Waals surface area contributed by atoms with Crippen LogP contribution in [0.5, 0.6) is 0 Å². The molecule has 1 unspecified atom stereocenters. The van der Waals surface area contributed by atoms with E-state index in [4.69, 9.17) is 0 Å². The molecule has 3 nitrogen and oxygen atoms in total. The van der Waals surface area contributed by atoms with Crippen molar-refractivity contribution in [1.29, 1.82) is 0 Å². The van der Waals surface area contributed by atoms with Crippen molar-refractivity contribution in [3.05, 3.63) is 60.3 Å². The lowest BCUT2D eigenvalue weighted by atomic mass is 10.1. The predicted molar refractivity (Wildman–Crippen MR) is 81.3 cm³/mol. The minimum absolute atomic E-state index is 0.000665. The fraction of sp³-hybridized carbons (Fsp3) is 0.294. The Bertz CT molecular complexity index is 539. The lowest BCUT2D eigenvalue weighted by Crippen LogP contribution is -2.35. The highest BCUT2D eigenvalue weighted by molar-refractivity contribution is 5.93. The van der Waals surface area contributed by atoms with E-state index in [1.165, 1.54) is 0 Å². The van der Waals surface area contributed by atoms with Gasteiger partial charge >= 0.3 is 0 Å². The van der Waals surface area contributed by atoms with Gasteiger partial charge in [-0.3, -0.25) is 9.69 Å². The average molecular weight is 268 g/mol. The van der Waals surface area contributed by atoms with Crippen molar-refractivity contribution < 1.29 is 4.79 Å². The smallest absolute Gasteiger partial charge is 0.231 e. The Hall–Kier alpha value is -2.16. The van der Waals surface area contributed by atoms with E-state index in [0.29, 0.717) is 12.4 Å². The maximum atomic E-state index is 12.6. The third kappa shape index (κ3) is 3.44. The Balaban J connectivity index is 2.27. The summed E-state index contributed by atoms with van der Waals surface area (Å²) in [6.45, 7) is 4.55. The van der Waals surface area contributed by atoms with E-state index >= 15 is 0 Å². The van der Waals surface area contributed by atoms with E-state index in [1.807, 2.05) is 62.4 Å². The quantitative estimate of drug-likeness (QED) is 0.829. The number of amides is 1. The van der Waals surface area contributed by atoms with Gasteiger partial charge in [-0.2, -0.15) is 0 Å². The zero-order valence-corrected chi connectivity index (χ0v) is 12.0. The molecule has 0 saturated carbocycles. The van der Waals surface area contributed by atoms with Crippen molar-refractivity contribution in [2.24, 2.45) is 5.92 Å². The minimum Gasteiger partial charge on any atom is -0.292 e. The SMILES string of the molecule is CCC(C)C(=O)N(Cc1ccccc1)c1ccccn1. The summed E-state index contributed by atoms with van der Waals surface area (Å²) in [7, 11) is 0. The van der Waals surface area contributed by atoms with Gasteiger partial charge in [-0.25, -0.2) is 4.98 Å². The number of carbonyl (C=O) groups is 1. The van der Waals surface area contributed by atoms with Gasteiger partial charge in [0.2, 0.25) is 5.91 Å². The molecule has 104 valence electrons. The molecule has 0 bridgehead atoms. The molecule has 0 spiro atoms. The molecule has 1 atom stereocenters. The molecule has 1 aromatic heterocycles. The Labute approximate surface area is 120 Å². The van der Waals surface area contributed by atoms with Crippen LogP contribution in [0.25, 0.3) is 0 Å². The second-order valence-corrected chi connectivity index (χ2v) is 4.91. The van der Waals surface area contributed by atoms with Crippen LogP contribution in [0.1, 0.15) is 25.8 Å². The number of benzene rings is 1. The number of carbonyl (C=O) groups excluding carboxylic acids is 1. The molecule has 2 rings (SSSR count). The number of hydrogen-bond donors (Lipinski definition) is 0. The maximum Gasteiger partial charge on any atom is 0.231 e. The largest absolute Gasteiger partial charge is 0.292 e. The summed E-state index contributed by atoms with van der Waals surface area (Å²) in [6.07, 6.45) is 2.55. The van der Waals surface area contributed by atoms with Crippen molar-refractivity contribution in [3.63, 3.8) is 0 Å². The van der Waals surface area contributed by atoms with Gasteiger partial charge in [0.15, 0.2) is 0 Å². The van der Waals surface area contributed by atoms with E-state index < -0.39 is 0 Å². The first-order chi connectivity index (χ1) is 9.72. The van der Waals surface area contributed by atoms with Gasteiger partial charge in [0.1, 0.15) is 5.82 Å². The van der Waals surface area contributed by atoms with Crippen molar-refractivity contribution in [1.82, 2.24) is 4.98 Å². The molecule has 0 radical (unpaired) electrons. The number of pyridine rings is 1. The number of rotatable bonds is 5. The third-order valence-electron chi connectivity index (χ3n) is 3.41. The summed E-state index contributed by atoms with van der Waals surface area (Å²) in [5.41, 5.74) is 1.11. The highest BCUT2D eigenvalue weighted by atomic mass is 16.2. The van der Waals surface area contributed by atoms with Gasteiger partial charge < -0.3 is 0 Å². The summed E-state index contributed by atoms with van der Waals surface area (Å²) >= 11 is 0. The zero-order chi connectivity index (χ0) is 14.4. The Morgan fingerprint density at radius 2 is 1.85 bits per heavy atom. The Morgan fingerprint density at radius 1 is 1.15 bits per heavy atom. The zero-order valence-electron chi connectivity index (χ0n) is 12.0. The van der Waals surface area contributed by atoms with E-state index in [0.717, 1.165) is 12.0 Å². The fourth-order valence-corrected chi connectivity index (χ4v) is 1.99. The topological polar surface area (TPSA) is 33.2 Å². The molecule has 1 heterocycles. The van der Waals surface area contributed by atoms with E-state index in [9.17, 15) is 4.79 Å². The van der Waals surface area contributed by atoms with Crippen LogP contribution in [-0.4, -0.2) is 10.9 Å². The number of nitrogens with zero attached hydrogens (tertiary/aromatic N) is 2. The third-order valence-corrected chi connectivity index (χ3v) is 3.41. The first-order valence-corrected chi connectivity index (χ1v) is 6.98. The van der Waals surface area contributed by atoms with Crippen molar-refractivity contribution >= 4 is 11.7 Å². The summed E-state index contributed by atoms with van der Waals surface area (Å²) in [5, 5.41) is 0. The van der Waals surface area contributed by atoms with E-state index in [2.05, 4.69) is 4.98 Å². The van der Waals surface area contributed by atoms with E-state index in [1.54, 1.807) is 11.1 Å². The fourth-order valence-electron chi connectivity index (χ4n) is 1.99. The molecule has 0 N–H and O–H groups in total. The summed E-state index contributed by atoms with van der Waals surface area (Å²) in [5.74, 6) is 0.831. The molecular formula is C17H20N2O. The second kappa shape index (κ2) is 6.85. The highest BCUT2D eigenvalue weighted by Crippen LogP contribution is 2.18. The average Bonchev–Trinajstić information content (AvgIpc) is 2.53. The van der Waals surface area contributed by atoms with Crippen LogP contribution in [0.2, 0.25) is 0 Å². The summed E-state index contributed by atoms with van der Waals surface area (Å²) < 4.78 is 0. The molecule has 2 aromatic rings. The monoisotopic (exact) mass is 268 g/mol. The van der Waals surface area contributed by atoms with Gasteiger partial charge in [0.25, 0.3) is 0 Å². The number of hydrogen-bond acceptors (Lipinski definition) is 2. The van der Waals surface area contributed by atoms with Crippen molar-refractivity contribution in [2.45, 2.75) is 26.8 Å². The summed E-state index contributed by atoms with van der Waals surface area (Å²) in [6, 6.07) is 15.6. The summed E-state index contributed by atoms with van der Waals surface area (Å²) in [4.78, 5) is 18.7. The standard InChI is InChI=1S/C17H20N2O/c1-3-14(2)17(20)19(16-11-7-8-12-18-16)13-15-9-5-4-6-10-15/h4-12,14H,3,13H2,1-2H3. The molecule has 1 aromatic carbocycles. The van der Waals surface area contributed by atoms with Gasteiger partial charge in [-0.05, 0) is 24.1 Å². The van der Waals surface area contributed by atoms with Crippen LogP contribution in [0.15, 0.2) is 54.7 Å². The molecule has 0 fully saturated rings. The van der Waals surface area contributed by atoms with Gasteiger partial charge in [-0.1, -0.05) is 50.2 Å².